The van der Waals surface area contributed by atoms with E-state index in [-0.39, 0.29) is 41.6 Å². The number of thioether (sulfide) groups is 2. The smallest absolute Gasteiger partial charge is 0.288 e. The number of aryl methyl sites for hydroxylation is 1. The zero-order valence-electron chi connectivity index (χ0n) is 14.0. The average molecular weight is 391 g/mol. The van der Waals surface area contributed by atoms with Crippen LogP contribution in [0.25, 0.3) is 11.4 Å². The van der Waals surface area contributed by atoms with Gasteiger partial charge in [0.25, 0.3) is 5.24 Å². The number of nitrogens with zero attached hydrogens (tertiary/aromatic N) is 3. The van der Waals surface area contributed by atoms with Gasteiger partial charge in [-0.1, -0.05) is 53.4 Å². The lowest BCUT2D eigenvalue weighted by molar-refractivity contribution is -0.125. The molecule has 2 aromatic rings. The Balaban J connectivity index is 1.42. The van der Waals surface area contributed by atoms with Gasteiger partial charge < -0.3 is 5.32 Å². The van der Waals surface area contributed by atoms with Gasteiger partial charge in [-0.05, 0) is 6.92 Å². The molecule has 1 aromatic carbocycles. The molecule has 0 saturated carbocycles. The first-order chi connectivity index (χ1) is 12.5. The van der Waals surface area contributed by atoms with Crippen molar-refractivity contribution in [1.82, 2.24) is 25.4 Å². The van der Waals surface area contributed by atoms with Crippen LogP contribution < -0.4 is 5.32 Å². The topological polar surface area (TPSA) is 108 Å². The number of benzene rings is 1. The number of amides is 3. The quantitative estimate of drug-likeness (QED) is 0.691. The van der Waals surface area contributed by atoms with Crippen molar-refractivity contribution in [2.45, 2.75) is 12.1 Å². The Morgan fingerprint density at radius 2 is 2.12 bits per heavy atom. The molecule has 2 N–H and O–H groups in total. The second-order valence-corrected chi connectivity index (χ2v) is 7.44. The van der Waals surface area contributed by atoms with Gasteiger partial charge in [-0.2, -0.15) is 0 Å². The maximum Gasteiger partial charge on any atom is 0.288 e. The Bertz CT molecular complexity index is 806. The van der Waals surface area contributed by atoms with Crippen molar-refractivity contribution in [3.05, 3.63) is 29.8 Å². The van der Waals surface area contributed by atoms with Crippen molar-refractivity contribution in [3.8, 4) is 11.4 Å². The number of aromatic amines is 1. The van der Waals surface area contributed by atoms with E-state index in [2.05, 4.69) is 20.5 Å². The van der Waals surface area contributed by atoms with Crippen molar-refractivity contribution in [2.24, 2.45) is 0 Å². The normalized spacial score (nSPS) is 14.1. The molecule has 1 aliphatic rings. The molecule has 1 saturated heterocycles. The summed E-state index contributed by atoms with van der Waals surface area (Å²) in [6, 6.07) is 7.89. The van der Waals surface area contributed by atoms with E-state index < -0.39 is 0 Å². The minimum atomic E-state index is -0.261. The van der Waals surface area contributed by atoms with E-state index in [4.69, 9.17) is 0 Å². The third-order valence-corrected chi connectivity index (χ3v) is 5.33. The summed E-state index contributed by atoms with van der Waals surface area (Å²) in [6.07, 6.45) is 0. The summed E-state index contributed by atoms with van der Waals surface area (Å²) in [4.78, 5) is 40.3. The molecule has 0 radical (unpaired) electrons. The monoisotopic (exact) mass is 391 g/mol. The van der Waals surface area contributed by atoms with Crippen LogP contribution in [0.1, 0.15) is 5.56 Å². The molecule has 0 unspecified atom stereocenters. The van der Waals surface area contributed by atoms with Gasteiger partial charge in [-0.15, -0.1) is 5.10 Å². The van der Waals surface area contributed by atoms with Crippen LogP contribution in [0.5, 0.6) is 0 Å². The largest absolute Gasteiger partial charge is 0.354 e. The molecule has 136 valence electrons. The highest BCUT2D eigenvalue weighted by molar-refractivity contribution is 8.14. The van der Waals surface area contributed by atoms with Crippen LogP contribution in [0, 0.1) is 6.92 Å². The lowest BCUT2D eigenvalue weighted by atomic mass is 10.1. The van der Waals surface area contributed by atoms with Crippen LogP contribution in [0.3, 0.4) is 0 Å². The average Bonchev–Trinajstić information content (AvgIpc) is 3.22. The molecule has 0 bridgehead atoms. The molecular formula is C16H17N5O3S2. The molecular weight excluding hydrogens is 374 g/mol. The first-order valence-electron chi connectivity index (χ1n) is 7.89. The zero-order chi connectivity index (χ0) is 18.5. The fourth-order valence-electron chi connectivity index (χ4n) is 2.24. The molecule has 1 aliphatic heterocycles. The third kappa shape index (κ3) is 4.64. The molecule has 1 aromatic heterocycles. The number of carbonyl (C=O) groups excluding carboxylic acids is 3. The van der Waals surface area contributed by atoms with E-state index in [0.29, 0.717) is 11.0 Å². The lowest BCUT2D eigenvalue weighted by Gasteiger charge is -2.12. The molecule has 26 heavy (non-hydrogen) atoms. The van der Waals surface area contributed by atoms with Gasteiger partial charge in [0.2, 0.25) is 17.0 Å². The highest BCUT2D eigenvalue weighted by Gasteiger charge is 2.29. The minimum absolute atomic E-state index is 0.155. The van der Waals surface area contributed by atoms with Crippen LogP contribution in [0.15, 0.2) is 29.4 Å². The number of rotatable bonds is 7. The van der Waals surface area contributed by atoms with Gasteiger partial charge in [0, 0.05) is 18.7 Å². The number of hydrogen-bond donors (Lipinski definition) is 2. The Hall–Kier alpha value is -2.33. The summed E-state index contributed by atoms with van der Waals surface area (Å²) in [5.41, 5.74) is 2.09. The van der Waals surface area contributed by atoms with Crippen LogP contribution in [0.2, 0.25) is 0 Å². The van der Waals surface area contributed by atoms with E-state index in [1.807, 2.05) is 31.2 Å². The van der Waals surface area contributed by atoms with Crippen molar-refractivity contribution in [3.63, 3.8) is 0 Å². The summed E-state index contributed by atoms with van der Waals surface area (Å²) in [5, 5.41) is 9.86. The summed E-state index contributed by atoms with van der Waals surface area (Å²) >= 11 is 2.20. The fourth-order valence-corrected chi connectivity index (χ4v) is 3.62. The SMILES string of the molecule is Cc1ccc(-c2nc(SCC(=O)NCCN3C(=O)CSC3=O)n[nH]2)cc1. The van der Waals surface area contributed by atoms with E-state index in [1.54, 1.807) is 0 Å². The third-order valence-electron chi connectivity index (χ3n) is 3.62. The van der Waals surface area contributed by atoms with Gasteiger partial charge in [-0.25, -0.2) is 4.98 Å². The van der Waals surface area contributed by atoms with Gasteiger partial charge in [0.05, 0.1) is 11.5 Å². The van der Waals surface area contributed by atoms with Crippen molar-refractivity contribution >= 4 is 40.6 Å². The predicted molar refractivity (Wildman–Crippen MR) is 99.9 cm³/mol. The standard InChI is InChI=1S/C16H17N5O3S2/c1-10-2-4-11(5-3-10)14-18-15(20-19-14)25-8-12(22)17-6-7-21-13(23)9-26-16(21)24/h2-5H,6-9H2,1H3,(H,17,22)(H,18,19,20). The molecule has 3 rings (SSSR count). The summed E-state index contributed by atoms with van der Waals surface area (Å²) in [5.74, 6) is 0.561. The Morgan fingerprint density at radius 3 is 2.81 bits per heavy atom. The predicted octanol–water partition coefficient (Wildman–Crippen LogP) is 1.68. The van der Waals surface area contributed by atoms with E-state index in [1.165, 1.54) is 11.8 Å². The summed E-state index contributed by atoms with van der Waals surface area (Å²) in [7, 11) is 0. The Kier molecular flexibility index (Phi) is 5.94. The van der Waals surface area contributed by atoms with Gasteiger partial charge in [0.1, 0.15) is 0 Å². The number of aromatic nitrogens is 3. The lowest BCUT2D eigenvalue weighted by Crippen LogP contribution is -2.38. The number of carbonyl (C=O) groups is 3. The fraction of sp³-hybridized carbons (Fsp3) is 0.312. The summed E-state index contributed by atoms with van der Waals surface area (Å²) < 4.78 is 0. The number of nitrogens with one attached hydrogen (secondary N) is 2. The molecule has 0 atom stereocenters. The van der Waals surface area contributed by atoms with Crippen LogP contribution in [-0.2, 0) is 9.59 Å². The molecule has 2 heterocycles. The number of H-pyrrole nitrogens is 1. The van der Waals surface area contributed by atoms with Crippen LogP contribution in [0.4, 0.5) is 4.79 Å². The van der Waals surface area contributed by atoms with Gasteiger partial charge in [0.15, 0.2) is 5.82 Å². The second kappa shape index (κ2) is 8.37. The Morgan fingerprint density at radius 1 is 1.35 bits per heavy atom. The van der Waals surface area contributed by atoms with E-state index >= 15 is 0 Å². The van der Waals surface area contributed by atoms with Crippen LogP contribution >= 0.6 is 23.5 Å². The Labute approximate surface area is 158 Å². The summed E-state index contributed by atoms with van der Waals surface area (Å²) in [6.45, 7) is 2.44. The van der Waals surface area contributed by atoms with E-state index in [0.717, 1.165) is 27.8 Å². The van der Waals surface area contributed by atoms with Crippen LogP contribution in [-0.4, -0.2) is 61.7 Å². The maximum atomic E-state index is 11.9. The highest BCUT2D eigenvalue weighted by Crippen LogP contribution is 2.20. The number of hydrogen-bond acceptors (Lipinski definition) is 7. The van der Waals surface area contributed by atoms with Gasteiger partial charge in [-0.3, -0.25) is 24.4 Å². The molecule has 3 amide bonds. The van der Waals surface area contributed by atoms with Crippen molar-refractivity contribution in [1.29, 1.82) is 0 Å². The van der Waals surface area contributed by atoms with Gasteiger partial charge >= 0.3 is 0 Å². The van der Waals surface area contributed by atoms with E-state index in [9.17, 15) is 14.4 Å². The molecule has 0 spiro atoms. The molecule has 1 fully saturated rings. The molecule has 10 heteroatoms. The highest BCUT2D eigenvalue weighted by atomic mass is 32.2. The molecule has 0 aliphatic carbocycles. The van der Waals surface area contributed by atoms with Crippen molar-refractivity contribution in [2.75, 3.05) is 24.6 Å². The minimum Gasteiger partial charge on any atom is -0.354 e. The first kappa shape index (κ1) is 18.5. The van der Waals surface area contributed by atoms with Crippen molar-refractivity contribution < 1.29 is 14.4 Å². The maximum absolute atomic E-state index is 11.9. The second-order valence-electron chi connectivity index (χ2n) is 5.57. The first-order valence-corrected chi connectivity index (χ1v) is 9.86. The number of imide groups is 1. The molecule has 8 nitrogen and oxygen atoms in total. The zero-order valence-corrected chi connectivity index (χ0v) is 15.7.